The van der Waals surface area contributed by atoms with E-state index in [1.165, 1.54) is 32.6 Å². The molecule has 3 heterocycles. The van der Waals surface area contributed by atoms with Crippen molar-refractivity contribution in [2.45, 2.75) is 0 Å². The highest BCUT2D eigenvalue weighted by Gasteiger charge is 2.19. The van der Waals surface area contributed by atoms with Gasteiger partial charge in [-0.05, 0) is 47.9 Å². The maximum absolute atomic E-state index is 4.96. The van der Waals surface area contributed by atoms with Crippen LogP contribution >= 0.6 is 0 Å². The molecule has 0 aliphatic carbocycles. The standard InChI is InChI=1S/C34H21N3/c1-5-16-29-22(9-1)18-19-30(36-29)23-10-7-11-24(21-23)37-31-17-6-4-14-27(31)32-25-12-2-3-13-26(25)33-28(34(32)37)15-8-20-35-33/h1-21H. The number of fused-ring (bicyclic) bond motifs is 9. The molecule has 0 aliphatic rings. The SMILES string of the molecule is c1cc(-c2ccc3ccccc3n2)cc(-n2c3ccccc3c3c4ccccc4c4ncccc4c32)c1. The number of para-hydroxylation sites is 2. The molecule has 0 saturated carbocycles. The highest BCUT2D eigenvalue weighted by atomic mass is 15.0. The van der Waals surface area contributed by atoms with Gasteiger partial charge in [-0.2, -0.15) is 0 Å². The average Bonchev–Trinajstić information content (AvgIpc) is 3.33. The molecule has 3 heteroatoms. The van der Waals surface area contributed by atoms with E-state index in [1.54, 1.807) is 0 Å². The molecule has 0 atom stereocenters. The highest BCUT2D eigenvalue weighted by molar-refractivity contribution is 6.31. The monoisotopic (exact) mass is 471 g/mol. The quantitative estimate of drug-likeness (QED) is 0.236. The molecule has 3 nitrogen and oxygen atoms in total. The van der Waals surface area contributed by atoms with E-state index in [-0.39, 0.29) is 0 Å². The summed E-state index contributed by atoms with van der Waals surface area (Å²) in [4.78, 5) is 9.80. The van der Waals surface area contributed by atoms with Gasteiger partial charge >= 0.3 is 0 Å². The summed E-state index contributed by atoms with van der Waals surface area (Å²) in [5.74, 6) is 0. The second-order valence-corrected chi connectivity index (χ2v) is 9.46. The predicted octanol–water partition coefficient (Wildman–Crippen LogP) is 8.70. The van der Waals surface area contributed by atoms with Crippen molar-refractivity contribution in [3.05, 3.63) is 128 Å². The van der Waals surface area contributed by atoms with Crippen LogP contribution in [0.1, 0.15) is 0 Å². The van der Waals surface area contributed by atoms with Crippen LogP contribution in [0.4, 0.5) is 0 Å². The molecule has 8 rings (SSSR count). The maximum atomic E-state index is 4.96. The van der Waals surface area contributed by atoms with Crippen LogP contribution < -0.4 is 0 Å². The molecule has 0 fully saturated rings. The number of pyridine rings is 2. The Bertz CT molecular complexity index is 2150. The minimum Gasteiger partial charge on any atom is -0.309 e. The van der Waals surface area contributed by atoms with E-state index in [9.17, 15) is 0 Å². The van der Waals surface area contributed by atoms with E-state index < -0.39 is 0 Å². The lowest BCUT2D eigenvalue weighted by molar-refractivity contribution is 1.18. The first-order valence-electron chi connectivity index (χ1n) is 12.5. The number of aromatic nitrogens is 3. The van der Waals surface area contributed by atoms with Crippen molar-refractivity contribution in [3.63, 3.8) is 0 Å². The van der Waals surface area contributed by atoms with Gasteiger partial charge in [0.15, 0.2) is 0 Å². The zero-order valence-electron chi connectivity index (χ0n) is 20.0. The van der Waals surface area contributed by atoms with Crippen molar-refractivity contribution in [3.8, 4) is 16.9 Å². The molecule has 8 aromatic rings. The van der Waals surface area contributed by atoms with Crippen LogP contribution in [0.15, 0.2) is 128 Å². The van der Waals surface area contributed by atoms with Crippen LogP contribution in [0.2, 0.25) is 0 Å². The van der Waals surface area contributed by atoms with Crippen LogP contribution in [0.3, 0.4) is 0 Å². The van der Waals surface area contributed by atoms with Crippen LogP contribution in [-0.2, 0) is 0 Å². The molecular weight excluding hydrogens is 450 g/mol. The first-order valence-corrected chi connectivity index (χ1v) is 12.5. The van der Waals surface area contributed by atoms with Gasteiger partial charge in [-0.15, -0.1) is 0 Å². The van der Waals surface area contributed by atoms with Crippen molar-refractivity contribution in [2.24, 2.45) is 0 Å². The average molecular weight is 472 g/mol. The fourth-order valence-electron chi connectivity index (χ4n) is 5.79. The summed E-state index contributed by atoms with van der Waals surface area (Å²) in [7, 11) is 0. The third kappa shape index (κ3) is 2.95. The summed E-state index contributed by atoms with van der Waals surface area (Å²) in [6.45, 7) is 0. The number of benzene rings is 5. The summed E-state index contributed by atoms with van der Waals surface area (Å²) >= 11 is 0. The lowest BCUT2D eigenvalue weighted by Crippen LogP contribution is -1.96. The van der Waals surface area contributed by atoms with Gasteiger partial charge < -0.3 is 4.57 Å². The second kappa shape index (κ2) is 7.74. The number of hydrogen-bond donors (Lipinski definition) is 0. The molecule has 5 aromatic carbocycles. The molecule has 0 aliphatic heterocycles. The zero-order valence-corrected chi connectivity index (χ0v) is 20.0. The second-order valence-electron chi connectivity index (χ2n) is 9.46. The first kappa shape index (κ1) is 20.2. The van der Waals surface area contributed by atoms with Crippen molar-refractivity contribution in [1.82, 2.24) is 14.5 Å². The summed E-state index contributed by atoms with van der Waals surface area (Å²) in [6, 6.07) is 42.8. The number of hydrogen-bond acceptors (Lipinski definition) is 2. The third-order valence-corrected chi connectivity index (χ3v) is 7.39. The molecular formula is C34H21N3. The van der Waals surface area contributed by atoms with E-state index in [1.807, 2.05) is 18.3 Å². The van der Waals surface area contributed by atoms with Crippen molar-refractivity contribution in [1.29, 1.82) is 0 Å². The van der Waals surface area contributed by atoms with E-state index in [4.69, 9.17) is 9.97 Å². The zero-order chi connectivity index (χ0) is 24.3. The Hall–Kier alpha value is -5.02. The van der Waals surface area contributed by atoms with E-state index >= 15 is 0 Å². The Labute approximate surface area is 213 Å². The largest absolute Gasteiger partial charge is 0.309 e. The predicted molar refractivity (Wildman–Crippen MR) is 154 cm³/mol. The van der Waals surface area contributed by atoms with Gasteiger partial charge in [-0.1, -0.05) is 78.9 Å². The molecule has 3 aromatic heterocycles. The van der Waals surface area contributed by atoms with Gasteiger partial charge in [0.2, 0.25) is 0 Å². The van der Waals surface area contributed by atoms with Gasteiger partial charge in [-0.25, -0.2) is 4.98 Å². The molecule has 0 saturated heterocycles. The Morgan fingerprint density at radius 3 is 2.30 bits per heavy atom. The van der Waals surface area contributed by atoms with Crippen LogP contribution in [0, 0.1) is 0 Å². The Morgan fingerprint density at radius 1 is 0.568 bits per heavy atom. The van der Waals surface area contributed by atoms with E-state index in [0.717, 1.165) is 38.8 Å². The minimum atomic E-state index is 0.971. The number of nitrogens with zero attached hydrogens (tertiary/aromatic N) is 3. The lowest BCUT2D eigenvalue weighted by Gasteiger charge is -2.13. The molecule has 0 spiro atoms. The fraction of sp³-hybridized carbons (Fsp3) is 0. The highest BCUT2D eigenvalue weighted by Crippen LogP contribution is 2.41. The fourth-order valence-corrected chi connectivity index (χ4v) is 5.79. The van der Waals surface area contributed by atoms with Gasteiger partial charge in [0, 0.05) is 44.4 Å². The molecule has 37 heavy (non-hydrogen) atoms. The minimum absolute atomic E-state index is 0.971. The summed E-state index contributed by atoms with van der Waals surface area (Å²) in [6.07, 6.45) is 1.89. The molecule has 0 bridgehead atoms. The van der Waals surface area contributed by atoms with Crippen LogP contribution in [-0.4, -0.2) is 14.5 Å². The van der Waals surface area contributed by atoms with Gasteiger partial charge in [0.05, 0.1) is 27.8 Å². The Kier molecular flexibility index (Phi) is 4.23. The van der Waals surface area contributed by atoms with Crippen LogP contribution in [0.25, 0.3) is 71.3 Å². The summed E-state index contributed by atoms with van der Waals surface area (Å²) in [5, 5.41) is 7.22. The smallest absolute Gasteiger partial charge is 0.0801 e. The molecule has 0 amide bonds. The maximum Gasteiger partial charge on any atom is 0.0801 e. The number of rotatable bonds is 2. The molecule has 172 valence electrons. The molecule has 0 N–H and O–H groups in total. The normalized spacial score (nSPS) is 11.8. The Morgan fingerprint density at radius 2 is 1.35 bits per heavy atom. The van der Waals surface area contributed by atoms with Gasteiger partial charge in [0.1, 0.15) is 0 Å². The molecule has 0 radical (unpaired) electrons. The first-order chi connectivity index (χ1) is 18.4. The summed E-state index contributed by atoms with van der Waals surface area (Å²) in [5.41, 5.74) is 7.58. The van der Waals surface area contributed by atoms with Crippen molar-refractivity contribution < 1.29 is 0 Å². The van der Waals surface area contributed by atoms with Crippen molar-refractivity contribution >= 4 is 54.4 Å². The van der Waals surface area contributed by atoms with Gasteiger partial charge in [0.25, 0.3) is 0 Å². The van der Waals surface area contributed by atoms with Crippen molar-refractivity contribution in [2.75, 3.05) is 0 Å². The summed E-state index contributed by atoms with van der Waals surface area (Å²) < 4.78 is 2.39. The van der Waals surface area contributed by atoms with E-state index in [0.29, 0.717) is 0 Å². The Balaban J connectivity index is 1.49. The topological polar surface area (TPSA) is 30.7 Å². The van der Waals surface area contributed by atoms with Crippen LogP contribution in [0.5, 0.6) is 0 Å². The van der Waals surface area contributed by atoms with E-state index in [2.05, 4.69) is 114 Å². The lowest BCUT2D eigenvalue weighted by atomic mass is 10.00. The third-order valence-electron chi connectivity index (χ3n) is 7.39. The molecule has 0 unspecified atom stereocenters. The van der Waals surface area contributed by atoms with Gasteiger partial charge in [-0.3, -0.25) is 4.98 Å².